The number of aryl methyl sites for hydroxylation is 1. The quantitative estimate of drug-likeness (QED) is 0.496. The molecule has 6 heteroatoms. The van der Waals surface area contributed by atoms with E-state index in [-0.39, 0.29) is 11.4 Å². The number of rotatable bonds is 5. The monoisotopic (exact) mass is 272 g/mol. The van der Waals surface area contributed by atoms with Gasteiger partial charge in [0.1, 0.15) is 5.69 Å². The first-order valence-electron chi connectivity index (χ1n) is 6.32. The van der Waals surface area contributed by atoms with E-state index in [2.05, 4.69) is 17.2 Å². The minimum atomic E-state index is -0.493. The summed E-state index contributed by atoms with van der Waals surface area (Å²) in [5.41, 5.74) is 8.60. The van der Waals surface area contributed by atoms with Crippen molar-refractivity contribution in [2.24, 2.45) is 0 Å². The molecule has 2 rings (SSSR count). The van der Waals surface area contributed by atoms with E-state index in [0.29, 0.717) is 6.54 Å². The van der Waals surface area contributed by atoms with Crippen molar-refractivity contribution in [2.75, 3.05) is 11.1 Å². The Morgan fingerprint density at radius 1 is 1.40 bits per heavy atom. The molecule has 0 aliphatic rings. The SMILES string of the molecule is CCc1cccnc1CNc1ccc([N+](=O)[O-])c(N)c1. The highest BCUT2D eigenvalue weighted by Crippen LogP contribution is 2.24. The molecule has 0 fully saturated rings. The molecule has 0 aliphatic heterocycles. The summed E-state index contributed by atoms with van der Waals surface area (Å²) in [6.07, 6.45) is 2.66. The number of hydrogen-bond acceptors (Lipinski definition) is 5. The fourth-order valence-electron chi connectivity index (χ4n) is 1.97. The molecule has 6 nitrogen and oxygen atoms in total. The van der Waals surface area contributed by atoms with Gasteiger partial charge in [-0.1, -0.05) is 13.0 Å². The number of nitro benzene ring substituents is 1. The first kappa shape index (κ1) is 13.8. The number of nitrogens with zero attached hydrogens (tertiary/aromatic N) is 2. The molecule has 0 radical (unpaired) electrons. The van der Waals surface area contributed by atoms with Crippen LogP contribution in [0.1, 0.15) is 18.2 Å². The molecule has 0 saturated heterocycles. The molecule has 2 aromatic rings. The molecule has 0 aliphatic carbocycles. The van der Waals surface area contributed by atoms with E-state index in [1.54, 1.807) is 18.3 Å². The highest BCUT2D eigenvalue weighted by Gasteiger charge is 2.11. The molecule has 1 aromatic heterocycles. The molecule has 1 aromatic carbocycles. The molecule has 20 heavy (non-hydrogen) atoms. The molecule has 0 spiro atoms. The molecule has 0 unspecified atom stereocenters. The third-order valence-corrected chi connectivity index (χ3v) is 3.05. The highest BCUT2D eigenvalue weighted by atomic mass is 16.6. The highest BCUT2D eigenvalue weighted by molar-refractivity contribution is 5.65. The van der Waals surface area contributed by atoms with Crippen molar-refractivity contribution in [3.63, 3.8) is 0 Å². The summed E-state index contributed by atoms with van der Waals surface area (Å²) in [7, 11) is 0. The van der Waals surface area contributed by atoms with Crippen LogP contribution < -0.4 is 11.1 Å². The van der Waals surface area contributed by atoms with Crippen LogP contribution in [-0.4, -0.2) is 9.91 Å². The van der Waals surface area contributed by atoms with Gasteiger partial charge in [-0.25, -0.2) is 0 Å². The normalized spacial score (nSPS) is 10.2. The summed E-state index contributed by atoms with van der Waals surface area (Å²) in [5.74, 6) is 0. The Hall–Kier alpha value is -2.63. The summed E-state index contributed by atoms with van der Waals surface area (Å²) >= 11 is 0. The summed E-state index contributed by atoms with van der Waals surface area (Å²) in [4.78, 5) is 14.5. The van der Waals surface area contributed by atoms with E-state index in [4.69, 9.17) is 5.73 Å². The van der Waals surface area contributed by atoms with E-state index >= 15 is 0 Å². The first-order chi connectivity index (χ1) is 9.61. The van der Waals surface area contributed by atoms with Crippen molar-refractivity contribution in [2.45, 2.75) is 19.9 Å². The van der Waals surface area contributed by atoms with Gasteiger partial charge in [-0.2, -0.15) is 0 Å². The second-order valence-corrected chi connectivity index (χ2v) is 4.35. The van der Waals surface area contributed by atoms with Gasteiger partial charge < -0.3 is 11.1 Å². The number of anilines is 2. The number of nitrogens with one attached hydrogen (secondary N) is 1. The topological polar surface area (TPSA) is 94.1 Å². The van der Waals surface area contributed by atoms with Crippen molar-refractivity contribution < 1.29 is 4.92 Å². The van der Waals surface area contributed by atoms with Gasteiger partial charge >= 0.3 is 0 Å². The van der Waals surface area contributed by atoms with Crippen LogP contribution in [0.15, 0.2) is 36.5 Å². The molecule has 0 atom stereocenters. The van der Waals surface area contributed by atoms with Crippen molar-refractivity contribution in [3.8, 4) is 0 Å². The predicted molar refractivity (Wildman–Crippen MR) is 78.5 cm³/mol. The van der Waals surface area contributed by atoms with Crippen molar-refractivity contribution in [3.05, 3.63) is 57.9 Å². The maximum atomic E-state index is 10.7. The van der Waals surface area contributed by atoms with Crippen LogP contribution in [0.2, 0.25) is 0 Å². The lowest BCUT2D eigenvalue weighted by Gasteiger charge is -2.09. The van der Waals surface area contributed by atoms with Crippen LogP contribution in [0.25, 0.3) is 0 Å². The number of nitrogen functional groups attached to an aromatic ring is 1. The lowest BCUT2D eigenvalue weighted by molar-refractivity contribution is -0.383. The molecule has 0 bridgehead atoms. The number of nitro groups is 1. The Bertz CT molecular complexity index is 628. The standard InChI is InChI=1S/C14H16N4O2/c1-2-10-4-3-7-16-13(10)9-17-11-5-6-14(18(19)20)12(15)8-11/h3-8,17H,2,9,15H2,1H3. The first-order valence-corrected chi connectivity index (χ1v) is 6.32. The largest absolute Gasteiger partial charge is 0.393 e. The van der Waals surface area contributed by atoms with Crippen LogP contribution in [0, 0.1) is 10.1 Å². The minimum absolute atomic E-state index is 0.0809. The zero-order valence-electron chi connectivity index (χ0n) is 11.2. The summed E-state index contributed by atoms with van der Waals surface area (Å²) in [5, 5.41) is 13.9. The molecule has 3 N–H and O–H groups in total. The zero-order chi connectivity index (χ0) is 14.5. The third kappa shape index (κ3) is 3.03. The summed E-state index contributed by atoms with van der Waals surface area (Å²) in [6.45, 7) is 2.63. The lowest BCUT2D eigenvalue weighted by atomic mass is 10.1. The van der Waals surface area contributed by atoms with Gasteiger partial charge in [0.15, 0.2) is 0 Å². The smallest absolute Gasteiger partial charge is 0.292 e. The van der Waals surface area contributed by atoms with E-state index in [1.165, 1.54) is 11.6 Å². The number of aromatic nitrogens is 1. The van der Waals surface area contributed by atoms with E-state index in [1.807, 2.05) is 12.1 Å². The Morgan fingerprint density at radius 2 is 2.20 bits per heavy atom. The van der Waals surface area contributed by atoms with Gasteiger partial charge in [0.2, 0.25) is 0 Å². The van der Waals surface area contributed by atoms with E-state index < -0.39 is 4.92 Å². The van der Waals surface area contributed by atoms with Crippen LogP contribution in [0.3, 0.4) is 0 Å². The summed E-state index contributed by atoms with van der Waals surface area (Å²) in [6, 6.07) is 8.55. The Kier molecular flexibility index (Phi) is 4.14. The summed E-state index contributed by atoms with van der Waals surface area (Å²) < 4.78 is 0. The second kappa shape index (κ2) is 6.01. The average molecular weight is 272 g/mol. The number of nitrogens with two attached hydrogens (primary N) is 1. The van der Waals surface area contributed by atoms with Crippen LogP contribution in [0.4, 0.5) is 17.1 Å². The van der Waals surface area contributed by atoms with Gasteiger partial charge in [0, 0.05) is 18.0 Å². The minimum Gasteiger partial charge on any atom is -0.393 e. The van der Waals surface area contributed by atoms with Gasteiger partial charge in [-0.05, 0) is 30.2 Å². The van der Waals surface area contributed by atoms with Crippen LogP contribution in [0.5, 0.6) is 0 Å². The van der Waals surface area contributed by atoms with E-state index in [9.17, 15) is 10.1 Å². The van der Waals surface area contributed by atoms with Gasteiger partial charge in [0.25, 0.3) is 5.69 Å². The molecule has 0 amide bonds. The fraction of sp³-hybridized carbons (Fsp3) is 0.214. The van der Waals surface area contributed by atoms with Gasteiger partial charge in [-0.3, -0.25) is 15.1 Å². The predicted octanol–water partition coefficient (Wildman–Crippen LogP) is 2.75. The van der Waals surface area contributed by atoms with Crippen molar-refractivity contribution in [1.82, 2.24) is 4.98 Å². The lowest BCUT2D eigenvalue weighted by Crippen LogP contribution is -2.05. The molecule has 104 valence electrons. The van der Waals surface area contributed by atoms with Gasteiger partial charge in [-0.15, -0.1) is 0 Å². The number of benzene rings is 1. The van der Waals surface area contributed by atoms with Crippen LogP contribution >= 0.6 is 0 Å². The second-order valence-electron chi connectivity index (χ2n) is 4.35. The fourth-order valence-corrected chi connectivity index (χ4v) is 1.97. The van der Waals surface area contributed by atoms with E-state index in [0.717, 1.165) is 17.8 Å². The number of pyridine rings is 1. The third-order valence-electron chi connectivity index (χ3n) is 3.05. The van der Waals surface area contributed by atoms with Gasteiger partial charge in [0.05, 0.1) is 17.2 Å². The number of hydrogen-bond donors (Lipinski definition) is 2. The Balaban J connectivity index is 2.11. The zero-order valence-corrected chi connectivity index (χ0v) is 11.2. The van der Waals surface area contributed by atoms with Crippen molar-refractivity contribution >= 4 is 17.1 Å². The average Bonchev–Trinajstić information content (AvgIpc) is 2.45. The molecule has 0 saturated carbocycles. The van der Waals surface area contributed by atoms with Crippen molar-refractivity contribution in [1.29, 1.82) is 0 Å². The van der Waals surface area contributed by atoms with Crippen LogP contribution in [-0.2, 0) is 13.0 Å². The Morgan fingerprint density at radius 3 is 2.85 bits per heavy atom. The molecular formula is C14H16N4O2. The maximum Gasteiger partial charge on any atom is 0.292 e. The molecular weight excluding hydrogens is 256 g/mol. The Labute approximate surface area is 116 Å². The molecule has 1 heterocycles. The maximum absolute atomic E-state index is 10.7.